The van der Waals surface area contributed by atoms with E-state index in [1.807, 2.05) is 0 Å². The van der Waals surface area contributed by atoms with Crippen LogP contribution in [-0.2, 0) is 6.18 Å². The smallest absolute Gasteiger partial charge is 0.416 e. The molecule has 1 fully saturated rings. The Balaban J connectivity index is 1.65. The Morgan fingerprint density at radius 1 is 1.14 bits per heavy atom. The molecule has 5 nitrogen and oxygen atoms in total. The monoisotopic (exact) mass is 406 g/mol. The molecule has 0 aliphatic carbocycles. The van der Waals surface area contributed by atoms with Crippen LogP contribution in [0.5, 0.6) is 5.75 Å². The van der Waals surface area contributed by atoms with E-state index in [1.54, 1.807) is 29.2 Å². The lowest BCUT2D eigenvalue weighted by Gasteiger charge is -2.32. The van der Waals surface area contributed by atoms with E-state index in [0.29, 0.717) is 30.8 Å². The van der Waals surface area contributed by atoms with E-state index in [-0.39, 0.29) is 23.9 Å². The van der Waals surface area contributed by atoms with Crippen LogP contribution in [0.2, 0.25) is 0 Å². The summed E-state index contributed by atoms with van der Waals surface area (Å²) in [5.41, 5.74) is 0.000538. The molecule has 154 valence electrons. The number of nitrogens with zero attached hydrogens (tertiary/aromatic N) is 1. The summed E-state index contributed by atoms with van der Waals surface area (Å²) >= 11 is 0. The average molecular weight is 406 g/mol. The highest BCUT2D eigenvalue weighted by Gasteiger charge is 2.32. The molecular formula is C21H21F3N2O3. The molecule has 1 aliphatic heterocycles. The first kappa shape index (κ1) is 20.7. The van der Waals surface area contributed by atoms with Gasteiger partial charge in [0.25, 0.3) is 0 Å². The third-order valence-corrected chi connectivity index (χ3v) is 4.90. The molecule has 0 saturated carbocycles. The van der Waals surface area contributed by atoms with Gasteiger partial charge in [0.2, 0.25) is 0 Å². The lowest BCUT2D eigenvalue weighted by molar-refractivity contribution is -0.137. The van der Waals surface area contributed by atoms with Gasteiger partial charge in [-0.25, -0.2) is 4.79 Å². The largest absolute Gasteiger partial charge is 0.497 e. The van der Waals surface area contributed by atoms with E-state index in [0.717, 1.165) is 12.1 Å². The van der Waals surface area contributed by atoms with Gasteiger partial charge in [0.05, 0.1) is 12.7 Å². The molecule has 2 amide bonds. The topological polar surface area (TPSA) is 58.6 Å². The van der Waals surface area contributed by atoms with Crippen molar-refractivity contribution in [2.24, 2.45) is 5.92 Å². The predicted molar refractivity (Wildman–Crippen MR) is 102 cm³/mol. The first-order valence-corrected chi connectivity index (χ1v) is 9.19. The number of methoxy groups -OCH3 is 1. The van der Waals surface area contributed by atoms with Crippen LogP contribution in [0.3, 0.4) is 0 Å². The van der Waals surface area contributed by atoms with Crippen molar-refractivity contribution in [1.29, 1.82) is 0 Å². The van der Waals surface area contributed by atoms with Crippen molar-refractivity contribution in [2.75, 3.05) is 25.5 Å². The quantitative estimate of drug-likeness (QED) is 0.739. The molecule has 0 bridgehead atoms. The van der Waals surface area contributed by atoms with Gasteiger partial charge in [0, 0.05) is 36.3 Å². The lowest BCUT2D eigenvalue weighted by Crippen LogP contribution is -2.44. The second-order valence-electron chi connectivity index (χ2n) is 6.89. The van der Waals surface area contributed by atoms with E-state index in [9.17, 15) is 22.8 Å². The van der Waals surface area contributed by atoms with E-state index in [1.165, 1.54) is 19.2 Å². The standard InChI is InChI=1S/C21H21F3N2O3/c1-29-18-6-2-5-17(12-18)25-20(28)26-11-3-4-15(13-26)19(27)14-7-9-16(10-8-14)21(22,23)24/h2,5-10,12,15H,3-4,11,13H2,1H3,(H,25,28). The molecule has 8 heteroatoms. The molecule has 0 radical (unpaired) electrons. The SMILES string of the molecule is COc1cccc(NC(=O)N2CCCC(C(=O)c3ccc(C(F)(F)F)cc3)C2)c1. The number of carbonyl (C=O) groups is 2. The Labute approximate surface area is 166 Å². The van der Waals surface area contributed by atoms with Gasteiger partial charge in [-0.05, 0) is 37.1 Å². The molecule has 0 spiro atoms. The normalized spacial score (nSPS) is 17.0. The third-order valence-electron chi connectivity index (χ3n) is 4.90. The number of urea groups is 1. The van der Waals surface area contributed by atoms with Crippen LogP contribution < -0.4 is 10.1 Å². The molecule has 2 aromatic carbocycles. The van der Waals surface area contributed by atoms with Crippen molar-refractivity contribution in [3.8, 4) is 5.75 Å². The summed E-state index contributed by atoms with van der Waals surface area (Å²) in [6.07, 6.45) is -3.22. The predicted octanol–water partition coefficient (Wildman–Crippen LogP) is 4.84. The van der Waals surface area contributed by atoms with E-state index in [2.05, 4.69) is 5.32 Å². The number of halogens is 3. The fraction of sp³-hybridized carbons (Fsp3) is 0.333. The summed E-state index contributed by atoms with van der Waals surface area (Å²) in [7, 11) is 1.53. The molecule has 1 saturated heterocycles. The number of Topliss-reactive ketones (excluding diaryl/α,β-unsaturated/α-hetero) is 1. The highest BCUT2D eigenvalue weighted by Crippen LogP contribution is 2.30. The van der Waals surface area contributed by atoms with Crippen LogP contribution in [0.15, 0.2) is 48.5 Å². The number of nitrogens with one attached hydrogen (secondary N) is 1. The second kappa shape index (κ2) is 8.55. The fourth-order valence-corrected chi connectivity index (χ4v) is 3.34. The number of rotatable bonds is 4. The van der Waals surface area contributed by atoms with Gasteiger partial charge in [-0.3, -0.25) is 4.79 Å². The van der Waals surface area contributed by atoms with Crippen LogP contribution in [0.25, 0.3) is 0 Å². The summed E-state index contributed by atoms with van der Waals surface area (Å²) in [6.45, 7) is 0.724. The number of hydrogen-bond acceptors (Lipinski definition) is 3. The Morgan fingerprint density at radius 2 is 1.86 bits per heavy atom. The molecule has 1 unspecified atom stereocenters. The number of amides is 2. The van der Waals surface area contributed by atoms with E-state index in [4.69, 9.17) is 4.74 Å². The Bertz CT molecular complexity index is 881. The van der Waals surface area contributed by atoms with Crippen molar-refractivity contribution in [1.82, 2.24) is 4.90 Å². The third kappa shape index (κ3) is 5.07. The minimum Gasteiger partial charge on any atom is -0.497 e. The minimum absolute atomic E-state index is 0.218. The molecule has 1 atom stereocenters. The highest BCUT2D eigenvalue weighted by atomic mass is 19.4. The zero-order chi connectivity index (χ0) is 21.0. The van der Waals surface area contributed by atoms with Gasteiger partial charge < -0.3 is 15.0 Å². The maximum Gasteiger partial charge on any atom is 0.416 e. The number of alkyl halides is 3. The Kier molecular flexibility index (Phi) is 6.10. The summed E-state index contributed by atoms with van der Waals surface area (Å²) < 4.78 is 43.2. The van der Waals surface area contributed by atoms with Crippen LogP contribution in [0.1, 0.15) is 28.8 Å². The number of carbonyl (C=O) groups excluding carboxylic acids is 2. The van der Waals surface area contributed by atoms with E-state index < -0.39 is 17.7 Å². The van der Waals surface area contributed by atoms with Crippen molar-refractivity contribution in [2.45, 2.75) is 19.0 Å². The van der Waals surface area contributed by atoms with Crippen LogP contribution >= 0.6 is 0 Å². The van der Waals surface area contributed by atoms with Gasteiger partial charge >= 0.3 is 12.2 Å². The molecule has 29 heavy (non-hydrogen) atoms. The van der Waals surface area contributed by atoms with Crippen LogP contribution in [0.4, 0.5) is 23.7 Å². The fourth-order valence-electron chi connectivity index (χ4n) is 3.34. The van der Waals surface area contributed by atoms with E-state index >= 15 is 0 Å². The first-order chi connectivity index (χ1) is 13.8. The van der Waals surface area contributed by atoms with Gasteiger partial charge in [-0.2, -0.15) is 13.2 Å². The average Bonchev–Trinajstić information content (AvgIpc) is 2.73. The summed E-state index contributed by atoms with van der Waals surface area (Å²) in [6, 6.07) is 10.8. The Morgan fingerprint density at radius 3 is 2.52 bits per heavy atom. The lowest BCUT2D eigenvalue weighted by atomic mass is 9.90. The van der Waals surface area contributed by atoms with Gasteiger partial charge in [-0.15, -0.1) is 0 Å². The second-order valence-corrected chi connectivity index (χ2v) is 6.89. The number of anilines is 1. The number of benzene rings is 2. The number of ketones is 1. The van der Waals surface area contributed by atoms with Crippen molar-refractivity contribution in [3.05, 3.63) is 59.7 Å². The summed E-state index contributed by atoms with van der Waals surface area (Å²) in [4.78, 5) is 26.8. The molecule has 2 aromatic rings. The first-order valence-electron chi connectivity index (χ1n) is 9.19. The number of likely N-dealkylation sites (tertiary alicyclic amines) is 1. The highest BCUT2D eigenvalue weighted by molar-refractivity contribution is 5.98. The minimum atomic E-state index is -4.44. The van der Waals surface area contributed by atoms with Gasteiger partial charge in [-0.1, -0.05) is 18.2 Å². The number of hydrogen-bond donors (Lipinski definition) is 1. The number of piperidine rings is 1. The van der Waals surface area contributed by atoms with Crippen molar-refractivity contribution < 1.29 is 27.5 Å². The zero-order valence-electron chi connectivity index (χ0n) is 15.8. The Hall–Kier alpha value is -3.03. The van der Waals surface area contributed by atoms with Gasteiger partial charge in [0.1, 0.15) is 5.75 Å². The molecular weight excluding hydrogens is 385 g/mol. The maximum absolute atomic E-state index is 12.7. The molecule has 1 aliphatic rings. The summed E-state index contributed by atoms with van der Waals surface area (Å²) in [5, 5.41) is 2.78. The van der Waals surface area contributed by atoms with Crippen molar-refractivity contribution >= 4 is 17.5 Å². The molecule has 1 heterocycles. The molecule has 0 aromatic heterocycles. The van der Waals surface area contributed by atoms with Crippen molar-refractivity contribution in [3.63, 3.8) is 0 Å². The zero-order valence-corrected chi connectivity index (χ0v) is 15.8. The number of ether oxygens (including phenoxy) is 1. The van der Waals surface area contributed by atoms with Crippen LogP contribution in [0, 0.1) is 5.92 Å². The molecule has 1 N–H and O–H groups in total. The summed E-state index contributed by atoms with van der Waals surface area (Å²) in [5.74, 6) is -0.0917. The maximum atomic E-state index is 12.7. The van der Waals surface area contributed by atoms with Crippen LogP contribution in [-0.4, -0.2) is 36.9 Å². The van der Waals surface area contributed by atoms with Gasteiger partial charge in [0.15, 0.2) is 5.78 Å². The molecule has 3 rings (SSSR count).